The molecular weight excluding hydrogens is 381 g/mol. The van der Waals surface area contributed by atoms with E-state index in [1.807, 2.05) is 29.2 Å². The molecular formula is C23H26FN5O. The summed E-state index contributed by atoms with van der Waals surface area (Å²) in [4.78, 5) is 20.7. The van der Waals surface area contributed by atoms with Crippen LogP contribution in [-0.2, 0) is 11.3 Å². The van der Waals surface area contributed by atoms with Gasteiger partial charge < -0.3 is 19.7 Å². The van der Waals surface area contributed by atoms with E-state index >= 15 is 0 Å². The molecule has 0 bridgehead atoms. The summed E-state index contributed by atoms with van der Waals surface area (Å²) in [5.41, 5.74) is 2.53. The van der Waals surface area contributed by atoms with E-state index in [-0.39, 0.29) is 11.7 Å². The number of hydrogen-bond acceptors (Lipinski definition) is 4. The van der Waals surface area contributed by atoms with Crippen LogP contribution in [0, 0.1) is 5.82 Å². The van der Waals surface area contributed by atoms with Crippen LogP contribution in [-0.4, -0.2) is 53.1 Å². The van der Waals surface area contributed by atoms with Crippen LogP contribution < -0.4 is 10.2 Å². The van der Waals surface area contributed by atoms with Crippen molar-refractivity contribution >= 4 is 11.6 Å². The third-order valence-electron chi connectivity index (χ3n) is 5.39. The lowest BCUT2D eigenvalue weighted by Gasteiger charge is -2.36. The Labute approximate surface area is 175 Å². The maximum absolute atomic E-state index is 14.3. The maximum Gasteiger partial charge on any atom is 0.223 e. The van der Waals surface area contributed by atoms with Crippen LogP contribution in [0.1, 0.15) is 12.0 Å². The number of carbonyl (C=O) groups excluding carboxylic acids is 1. The highest BCUT2D eigenvalue weighted by atomic mass is 19.1. The Hall–Kier alpha value is -3.19. The molecule has 0 saturated carbocycles. The van der Waals surface area contributed by atoms with Crippen LogP contribution in [0.25, 0.3) is 5.69 Å². The Morgan fingerprint density at radius 2 is 1.87 bits per heavy atom. The fourth-order valence-corrected chi connectivity index (χ4v) is 3.71. The van der Waals surface area contributed by atoms with E-state index in [1.54, 1.807) is 29.4 Å². The number of nitrogens with one attached hydrogen (secondary N) is 1. The number of benzene rings is 2. The first-order valence-electron chi connectivity index (χ1n) is 10.3. The molecule has 1 amide bonds. The number of piperazine rings is 1. The largest absolute Gasteiger partial charge is 0.368 e. The zero-order chi connectivity index (χ0) is 20.8. The van der Waals surface area contributed by atoms with E-state index in [9.17, 15) is 9.18 Å². The predicted molar refractivity (Wildman–Crippen MR) is 115 cm³/mol. The summed E-state index contributed by atoms with van der Waals surface area (Å²) in [6.45, 7) is 4.29. The van der Waals surface area contributed by atoms with E-state index in [4.69, 9.17) is 0 Å². The van der Waals surface area contributed by atoms with Crippen LogP contribution in [0.5, 0.6) is 0 Å². The van der Waals surface area contributed by atoms with Gasteiger partial charge in [-0.25, -0.2) is 9.37 Å². The highest BCUT2D eigenvalue weighted by Gasteiger charge is 2.20. The van der Waals surface area contributed by atoms with Crippen LogP contribution >= 0.6 is 0 Å². The molecule has 4 rings (SSSR count). The van der Waals surface area contributed by atoms with Gasteiger partial charge in [-0.3, -0.25) is 4.79 Å². The molecule has 1 fully saturated rings. The molecule has 0 aliphatic carbocycles. The smallest absolute Gasteiger partial charge is 0.223 e. The average Bonchev–Trinajstić information content (AvgIpc) is 3.32. The van der Waals surface area contributed by atoms with E-state index < -0.39 is 0 Å². The summed E-state index contributed by atoms with van der Waals surface area (Å²) < 4.78 is 15.9. The van der Waals surface area contributed by atoms with Crippen molar-refractivity contribution in [2.45, 2.75) is 13.0 Å². The Morgan fingerprint density at radius 3 is 2.57 bits per heavy atom. The van der Waals surface area contributed by atoms with Gasteiger partial charge in [0, 0.05) is 63.8 Å². The van der Waals surface area contributed by atoms with Gasteiger partial charge in [-0.1, -0.05) is 24.3 Å². The fourth-order valence-electron chi connectivity index (χ4n) is 3.71. The zero-order valence-electron chi connectivity index (χ0n) is 16.9. The van der Waals surface area contributed by atoms with Gasteiger partial charge in [0.2, 0.25) is 5.91 Å². The summed E-state index contributed by atoms with van der Waals surface area (Å²) in [6, 6.07) is 15.4. The number of rotatable bonds is 7. The van der Waals surface area contributed by atoms with Crippen LogP contribution in [0.3, 0.4) is 0 Å². The van der Waals surface area contributed by atoms with Gasteiger partial charge in [0.15, 0.2) is 0 Å². The minimum absolute atomic E-state index is 0.164. The second-order valence-corrected chi connectivity index (χ2v) is 7.39. The molecule has 0 radical (unpaired) electrons. The summed E-state index contributed by atoms with van der Waals surface area (Å²) in [6.07, 6.45) is 5.34. The number of halogens is 1. The van der Waals surface area contributed by atoms with Gasteiger partial charge in [-0.05, 0) is 29.8 Å². The molecule has 1 aromatic heterocycles. The Balaban J connectivity index is 1.19. The van der Waals surface area contributed by atoms with Crippen LogP contribution in [0.2, 0.25) is 0 Å². The second-order valence-electron chi connectivity index (χ2n) is 7.39. The first-order valence-corrected chi connectivity index (χ1v) is 10.3. The van der Waals surface area contributed by atoms with Crippen LogP contribution in [0.4, 0.5) is 10.1 Å². The standard InChI is InChI=1S/C23H26FN5O/c24-21-16-19(6-7-22(21)29-11-10-26-18-29)17-25-9-8-23(30)28-14-12-27(13-15-28)20-4-2-1-3-5-20/h1-7,10-11,16,18,25H,8-9,12-15,17H2. The monoisotopic (exact) mass is 407 g/mol. The zero-order valence-corrected chi connectivity index (χ0v) is 16.9. The van der Waals surface area contributed by atoms with E-state index in [0.29, 0.717) is 25.2 Å². The lowest BCUT2D eigenvalue weighted by molar-refractivity contribution is -0.131. The van der Waals surface area contributed by atoms with Crippen molar-refractivity contribution in [3.8, 4) is 5.69 Å². The first-order chi connectivity index (χ1) is 14.7. The molecule has 0 atom stereocenters. The highest BCUT2D eigenvalue weighted by Crippen LogP contribution is 2.16. The number of imidazole rings is 1. The summed E-state index contributed by atoms with van der Waals surface area (Å²) >= 11 is 0. The number of hydrogen-bond donors (Lipinski definition) is 1. The van der Waals surface area contributed by atoms with E-state index in [1.165, 1.54) is 11.8 Å². The minimum Gasteiger partial charge on any atom is -0.368 e. The van der Waals surface area contributed by atoms with Gasteiger partial charge >= 0.3 is 0 Å². The van der Waals surface area contributed by atoms with Gasteiger partial charge in [-0.15, -0.1) is 0 Å². The molecule has 6 nitrogen and oxygen atoms in total. The molecule has 30 heavy (non-hydrogen) atoms. The summed E-state index contributed by atoms with van der Waals surface area (Å²) in [5.74, 6) is -0.128. The van der Waals surface area contributed by atoms with Gasteiger partial charge in [-0.2, -0.15) is 0 Å². The molecule has 3 aromatic rings. The average molecular weight is 407 g/mol. The second kappa shape index (κ2) is 9.54. The number of amides is 1. The molecule has 1 saturated heterocycles. The van der Waals surface area contributed by atoms with Crippen LogP contribution in [0.15, 0.2) is 67.3 Å². The molecule has 7 heteroatoms. The number of aromatic nitrogens is 2. The SMILES string of the molecule is O=C(CCNCc1ccc(-n2ccnc2)c(F)c1)N1CCN(c2ccccc2)CC1. The number of anilines is 1. The van der Waals surface area contributed by atoms with Gasteiger partial charge in [0.05, 0.1) is 12.0 Å². The van der Waals surface area contributed by atoms with Crippen molar-refractivity contribution < 1.29 is 9.18 Å². The minimum atomic E-state index is -0.292. The van der Waals surface area contributed by atoms with Crippen molar-refractivity contribution in [2.24, 2.45) is 0 Å². The Morgan fingerprint density at radius 1 is 1.07 bits per heavy atom. The Kier molecular flexibility index (Phi) is 6.39. The van der Waals surface area contributed by atoms with Crippen molar-refractivity contribution in [1.29, 1.82) is 0 Å². The number of nitrogens with zero attached hydrogens (tertiary/aromatic N) is 4. The highest BCUT2D eigenvalue weighted by molar-refractivity contribution is 5.76. The lowest BCUT2D eigenvalue weighted by Crippen LogP contribution is -2.49. The Bertz CT molecular complexity index is 953. The molecule has 0 spiro atoms. The van der Waals surface area contributed by atoms with Crippen molar-refractivity contribution in [2.75, 3.05) is 37.6 Å². The van der Waals surface area contributed by atoms with Crippen molar-refractivity contribution in [1.82, 2.24) is 19.8 Å². The fraction of sp³-hybridized carbons (Fsp3) is 0.304. The van der Waals surface area contributed by atoms with E-state index in [2.05, 4.69) is 27.3 Å². The summed E-state index contributed by atoms with van der Waals surface area (Å²) in [7, 11) is 0. The first kappa shape index (κ1) is 20.1. The molecule has 2 aromatic carbocycles. The van der Waals surface area contributed by atoms with Crippen molar-refractivity contribution in [3.63, 3.8) is 0 Å². The molecule has 1 N–H and O–H groups in total. The summed E-state index contributed by atoms with van der Waals surface area (Å²) in [5, 5.41) is 3.24. The van der Waals surface area contributed by atoms with Gasteiger partial charge in [0.1, 0.15) is 5.82 Å². The molecule has 156 valence electrons. The third-order valence-corrected chi connectivity index (χ3v) is 5.39. The molecule has 0 unspecified atom stereocenters. The molecule has 2 heterocycles. The lowest BCUT2D eigenvalue weighted by atomic mass is 10.2. The predicted octanol–water partition coefficient (Wildman–Crippen LogP) is 2.84. The third kappa shape index (κ3) is 4.86. The topological polar surface area (TPSA) is 53.4 Å². The number of carbonyl (C=O) groups is 1. The van der Waals surface area contributed by atoms with Crippen molar-refractivity contribution in [3.05, 3.63) is 78.6 Å². The van der Waals surface area contributed by atoms with Gasteiger partial charge in [0.25, 0.3) is 0 Å². The normalized spacial score (nSPS) is 14.2. The maximum atomic E-state index is 14.3. The quantitative estimate of drug-likeness (QED) is 0.612. The molecule has 1 aliphatic heterocycles. The molecule has 1 aliphatic rings. The van der Waals surface area contributed by atoms with E-state index in [0.717, 1.165) is 31.7 Å². The number of para-hydroxylation sites is 1.